The average Bonchev–Trinajstić information content (AvgIpc) is 2.91. The van der Waals surface area contributed by atoms with Gasteiger partial charge in [-0.05, 0) is 30.7 Å². The fraction of sp³-hybridized carbons (Fsp3) is 0.462. The maximum absolute atomic E-state index is 12.1. The Bertz CT molecular complexity index is 673. The van der Waals surface area contributed by atoms with Crippen LogP contribution < -0.4 is 4.72 Å². The number of aliphatic hydroxyl groups is 1. The SMILES string of the molecule is O=C(c1ccc(S(=O)(=O)NCC(F)(F)F)cc1)N1CC[C@H](O)C1. The summed E-state index contributed by atoms with van der Waals surface area (Å²) in [5, 5.41) is 9.40. The second-order valence-corrected chi connectivity index (χ2v) is 6.92. The van der Waals surface area contributed by atoms with Crippen LogP contribution in [0.1, 0.15) is 16.8 Å². The summed E-state index contributed by atoms with van der Waals surface area (Å²) in [7, 11) is -4.30. The molecular weight excluding hydrogens is 337 g/mol. The molecule has 1 saturated heterocycles. The van der Waals surface area contributed by atoms with E-state index in [2.05, 4.69) is 0 Å². The van der Waals surface area contributed by atoms with Crippen molar-refractivity contribution in [2.24, 2.45) is 0 Å². The fourth-order valence-corrected chi connectivity index (χ4v) is 3.16. The lowest BCUT2D eigenvalue weighted by Gasteiger charge is -2.15. The number of rotatable bonds is 4. The number of nitrogens with zero attached hydrogens (tertiary/aromatic N) is 1. The molecule has 1 heterocycles. The van der Waals surface area contributed by atoms with Crippen molar-refractivity contribution in [3.63, 3.8) is 0 Å². The molecule has 1 aliphatic heterocycles. The smallest absolute Gasteiger partial charge is 0.391 e. The highest BCUT2D eigenvalue weighted by Crippen LogP contribution is 2.17. The fourth-order valence-electron chi connectivity index (χ4n) is 2.15. The summed E-state index contributed by atoms with van der Waals surface area (Å²) in [6, 6.07) is 4.60. The number of halogens is 3. The number of carbonyl (C=O) groups excluding carboxylic acids is 1. The normalized spacial score (nSPS) is 19.1. The van der Waals surface area contributed by atoms with E-state index >= 15 is 0 Å². The van der Waals surface area contributed by atoms with Gasteiger partial charge in [0.2, 0.25) is 10.0 Å². The van der Waals surface area contributed by atoms with Crippen LogP contribution in [0, 0.1) is 0 Å². The average molecular weight is 352 g/mol. The molecule has 10 heteroatoms. The zero-order chi connectivity index (χ0) is 17.3. The zero-order valence-corrected chi connectivity index (χ0v) is 12.7. The van der Waals surface area contributed by atoms with Gasteiger partial charge in [-0.25, -0.2) is 13.1 Å². The number of hydrogen-bond donors (Lipinski definition) is 2. The van der Waals surface area contributed by atoms with Crippen molar-refractivity contribution in [2.45, 2.75) is 23.6 Å². The standard InChI is InChI=1S/C13H15F3N2O4S/c14-13(15,16)8-17-23(21,22)11-3-1-9(2-4-11)12(20)18-6-5-10(19)7-18/h1-4,10,17,19H,5-8H2/t10-/m0/s1. The lowest BCUT2D eigenvalue weighted by molar-refractivity contribution is -0.121. The van der Waals surface area contributed by atoms with Gasteiger partial charge in [-0.3, -0.25) is 4.79 Å². The Balaban J connectivity index is 2.08. The minimum absolute atomic E-state index is 0.200. The van der Waals surface area contributed by atoms with Crippen LogP contribution >= 0.6 is 0 Å². The Morgan fingerprint density at radius 2 is 1.91 bits per heavy atom. The Labute approximate surface area is 131 Å². The highest BCUT2D eigenvalue weighted by atomic mass is 32.2. The molecule has 1 atom stereocenters. The number of β-amino-alcohol motifs (C(OH)–C–C–N with tert-alkyl or cyclic N) is 1. The molecule has 2 rings (SSSR count). The number of likely N-dealkylation sites (tertiary alicyclic amines) is 1. The van der Waals surface area contributed by atoms with E-state index in [9.17, 15) is 31.5 Å². The third-order valence-electron chi connectivity index (χ3n) is 3.32. The first kappa shape index (κ1) is 17.7. The molecule has 1 aromatic rings. The number of aliphatic hydroxyl groups excluding tert-OH is 1. The van der Waals surface area contributed by atoms with Crippen LogP contribution in [0.3, 0.4) is 0 Å². The van der Waals surface area contributed by atoms with Crippen molar-refractivity contribution in [3.8, 4) is 0 Å². The van der Waals surface area contributed by atoms with Gasteiger partial charge in [0.25, 0.3) is 5.91 Å². The number of hydrogen-bond acceptors (Lipinski definition) is 4. The summed E-state index contributed by atoms with van der Waals surface area (Å²) >= 11 is 0. The van der Waals surface area contributed by atoms with Gasteiger partial charge in [-0.1, -0.05) is 0 Å². The maximum atomic E-state index is 12.1. The van der Waals surface area contributed by atoms with Crippen molar-refractivity contribution in [1.29, 1.82) is 0 Å². The van der Waals surface area contributed by atoms with E-state index in [1.807, 2.05) is 0 Å². The summed E-state index contributed by atoms with van der Waals surface area (Å²) < 4.78 is 61.1. The molecule has 0 spiro atoms. The lowest BCUT2D eigenvalue weighted by Crippen LogP contribution is -2.33. The monoisotopic (exact) mass is 352 g/mol. The second kappa shape index (κ2) is 6.46. The van der Waals surface area contributed by atoms with Crippen LogP contribution in [0.2, 0.25) is 0 Å². The molecule has 6 nitrogen and oxygen atoms in total. The number of nitrogens with one attached hydrogen (secondary N) is 1. The lowest BCUT2D eigenvalue weighted by atomic mass is 10.2. The number of alkyl halides is 3. The first-order chi connectivity index (χ1) is 10.6. The van der Waals surface area contributed by atoms with Gasteiger partial charge in [-0.15, -0.1) is 0 Å². The molecule has 1 fully saturated rings. The van der Waals surface area contributed by atoms with E-state index < -0.39 is 28.8 Å². The molecule has 2 N–H and O–H groups in total. The number of sulfonamides is 1. The van der Waals surface area contributed by atoms with Crippen LogP contribution in [0.25, 0.3) is 0 Å². The van der Waals surface area contributed by atoms with E-state index in [1.165, 1.54) is 21.8 Å². The summed E-state index contributed by atoms with van der Waals surface area (Å²) in [5.74, 6) is -0.367. The van der Waals surface area contributed by atoms with Crippen LogP contribution in [-0.4, -0.2) is 56.2 Å². The molecule has 1 aromatic carbocycles. The van der Waals surface area contributed by atoms with Gasteiger partial charge in [0.05, 0.1) is 11.0 Å². The van der Waals surface area contributed by atoms with Crippen molar-refractivity contribution < 1.29 is 31.5 Å². The second-order valence-electron chi connectivity index (χ2n) is 5.16. The summed E-state index contributed by atoms with van der Waals surface area (Å²) in [5.41, 5.74) is 0.203. The predicted octanol–water partition coefficient (Wildman–Crippen LogP) is 0.734. The molecule has 1 aliphatic rings. The zero-order valence-electron chi connectivity index (χ0n) is 11.9. The quantitative estimate of drug-likeness (QED) is 0.837. The Hall–Kier alpha value is -1.65. The third-order valence-corrected chi connectivity index (χ3v) is 4.74. The van der Waals surface area contributed by atoms with Crippen molar-refractivity contribution in [1.82, 2.24) is 9.62 Å². The molecule has 0 aliphatic carbocycles. The molecule has 0 unspecified atom stereocenters. The minimum Gasteiger partial charge on any atom is -0.391 e. The van der Waals surface area contributed by atoms with Gasteiger partial charge < -0.3 is 10.0 Å². The van der Waals surface area contributed by atoms with E-state index in [4.69, 9.17) is 0 Å². The Kier molecular flexibility index (Phi) is 4.97. The van der Waals surface area contributed by atoms with E-state index in [-0.39, 0.29) is 22.9 Å². The van der Waals surface area contributed by atoms with Crippen LogP contribution in [0.5, 0.6) is 0 Å². The first-order valence-corrected chi connectivity index (χ1v) is 8.21. The molecule has 1 amide bonds. The highest BCUT2D eigenvalue weighted by Gasteiger charge is 2.30. The molecule has 0 bridgehead atoms. The third kappa shape index (κ3) is 4.66. The number of amides is 1. The van der Waals surface area contributed by atoms with Gasteiger partial charge in [0, 0.05) is 18.7 Å². The topological polar surface area (TPSA) is 86.7 Å². The van der Waals surface area contributed by atoms with Gasteiger partial charge in [0.15, 0.2) is 0 Å². The van der Waals surface area contributed by atoms with Gasteiger partial charge in [-0.2, -0.15) is 13.2 Å². The molecule has 0 aromatic heterocycles. The van der Waals surface area contributed by atoms with E-state index in [1.54, 1.807) is 0 Å². The van der Waals surface area contributed by atoms with E-state index in [0.717, 1.165) is 12.1 Å². The molecule has 0 saturated carbocycles. The highest BCUT2D eigenvalue weighted by molar-refractivity contribution is 7.89. The van der Waals surface area contributed by atoms with Crippen molar-refractivity contribution in [2.75, 3.05) is 19.6 Å². The van der Waals surface area contributed by atoms with Gasteiger partial charge in [0.1, 0.15) is 6.54 Å². The maximum Gasteiger partial charge on any atom is 0.402 e. The van der Waals surface area contributed by atoms with Gasteiger partial charge >= 0.3 is 6.18 Å². The Morgan fingerprint density at radius 1 is 1.30 bits per heavy atom. The van der Waals surface area contributed by atoms with Crippen LogP contribution in [-0.2, 0) is 10.0 Å². The van der Waals surface area contributed by atoms with E-state index in [0.29, 0.717) is 13.0 Å². The van der Waals surface area contributed by atoms with Crippen molar-refractivity contribution in [3.05, 3.63) is 29.8 Å². The number of carbonyl (C=O) groups is 1. The predicted molar refractivity (Wildman–Crippen MR) is 74.2 cm³/mol. The molecule has 0 radical (unpaired) electrons. The molecular formula is C13H15F3N2O4S. The summed E-state index contributed by atoms with van der Waals surface area (Å²) in [6.07, 6.45) is -4.76. The van der Waals surface area contributed by atoms with Crippen LogP contribution in [0.15, 0.2) is 29.2 Å². The summed E-state index contributed by atoms with van der Waals surface area (Å²) in [4.78, 5) is 13.2. The number of benzene rings is 1. The first-order valence-electron chi connectivity index (χ1n) is 6.72. The largest absolute Gasteiger partial charge is 0.402 e. The van der Waals surface area contributed by atoms with Crippen LogP contribution in [0.4, 0.5) is 13.2 Å². The summed E-state index contributed by atoms with van der Waals surface area (Å²) in [6.45, 7) is -1.07. The van der Waals surface area contributed by atoms with Crippen molar-refractivity contribution >= 4 is 15.9 Å². The Morgan fingerprint density at radius 3 is 2.39 bits per heavy atom. The molecule has 128 valence electrons. The molecule has 23 heavy (non-hydrogen) atoms. The minimum atomic E-state index is -4.65.